The van der Waals surface area contributed by atoms with E-state index in [-0.39, 0.29) is 22.3 Å². The zero-order valence-electron chi connectivity index (χ0n) is 25.7. The van der Waals surface area contributed by atoms with E-state index in [1.165, 1.54) is 36.7 Å². The van der Waals surface area contributed by atoms with Gasteiger partial charge in [0.25, 0.3) is 0 Å². The molecule has 9 heteroatoms. The van der Waals surface area contributed by atoms with Gasteiger partial charge in [-0.25, -0.2) is 0 Å². The van der Waals surface area contributed by atoms with Crippen molar-refractivity contribution in [3.63, 3.8) is 0 Å². The van der Waals surface area contributed by atoms with Crippen LogP contribution < -0.4 is 7.56 Å². The number of aromatic nitrogens is 2. The molecule has 0 radical (unpaired) electrons. The molecular weight excluding hydrogens is 735 g/mol. The summed E-state index contributed by atoms with van der Waals surface area (Å²) < 4.78 is 91.3. The van der Waals surface area contributed by atoms with E-state index in [0.29, 0.717) is 12.8 Å². The Morgan fingerprint density at radius 3 is 1.17 bits per heavy atom. The van der Waals surface area contributed by atoms with Crippen molar-refractivity contribution in [2.75, 3.05) is 0 Å². The summed E-state index contributed by atoms with van der Waals surface area (Å²) in [5.74, 6) is -3.11. The van der Waals surface area contributed by atoms with Crippen molar-refractivity contribution in [2.24, 2.45) is 5.92 Å². The molecule has 1 aliphatic rings. The second kappa shape index (κ2) is 10.3. The van der Waals surface area contributed by atoms with Gasteiger partial charge in [-0.05, 0) is 0 Å². The molecule has 0 saturated heterocycles. The Kier molecular flexibility index (Phi) is 8.04. The van der Waals surface area contributed by atoms with Crippen LogP contribution in [0.1, 0.15) is 114 Å². The van der Waals surface area contributed by atoms with Gasteiger partial charge < -0.3 is 0 Å². The van der Waals surface area contributed by atoms with Crippen LogP contribution in [0.5, 0.6) is 0 Å². The minimum atomic E-state index is -9.21. The molecule has 0 aliphatic heterocycles. The number of nitrogens with one attached hydrogen (secondary N) is 2. The van der Waals surface area contributed by atoms with Gasteiger partial charge in [0.1, 0.15) is 0 Å². The van der Waals surface area contributed by atoms with Crippen molar-refractivity contribution in [1.29, 1.82) is 0 Å². The molecule has 1 aliphatic carbocycles. The van der Waals surface area contributed by atoms with Crippen LogP contribution >= 0.6 is 0 Å². The van der Waals surface area contributed by atoms with Crippen LogP contribution in [0.4, 0.5) is 26.3 Å². The zero-order valence-corrected chi connectivity index (χ0v) is 27.9. The molecule has 0 amide bonds. The fraction of sp³-hybridized carbons (Fsp3) is 0.545. The topological polar surface area (TPSA) is 31.6 Å². The number of hydrogen-bond donors (Lipinski definition) is 2. The summed E-state index contributed by atoms with van der Waals surface area (Å²) in [5.41, 5.74) is 0.475. The van der Waals surface area contributed by atoms with Gasteiger partial charge in [-0.3, -0.25) is 0 Å². The Morgan fingerprint density at radius 1 is 0.619 bits per heavy atom. The van der Waals surface area contributed by atoms with Gasteiger partial charge in [-0.2, -0.15) is 0 Å². The zero-order chi connectivity index (χ0) is 31.5. The van der Waals surface area contributed by atoms with E-state index in [0.717, 1.165) is 0 Å². The van der Waals surface area contributed by atoms with Crippen LogP contribution in [-0.2, 0) is 14.0 Å². The number of hydrogen-bond acceptors (Lipinski definition) is 0. The van der Waals surface area contributed by atoms with Crippen LogP contribution in [0.15, 0.2) is 48.8 Å². The molecule has 0 unspecified atom stereocenters. The van der Waals surface area contributed by atoms with Gasteiger partial charge in [0.2, 0.25) is 0 Å². The molecule has 0 spiro atoms. The molecule has 2 N–H and O–H groups in total. The Morgan fingerprint density at radius 2 is 0.929 bits per heavy atom. The average Bonchev–Trinajstić information content (AvgIpc) is 3.51. The first-order valence-corrected chi connectivity index (χ1v) is 21.4. The van der Waals surface area contributed by atoms with E-state index in [1.807, 2.05) is 0 Å². The molecule has 4 rings (SSSR count). The first-order chi connectivity index (χ1) is 19.4. The average molecular weight is 781 g/mol. The number of imidazole rings is 1. The first-order valence-electron chi connectivity index (χ1n) is 14.5. The number of benzene rings is 2. The van der Waals surface area contributed by atoms with Crippen LogP contribution in [0.3, 0.4) is 0 Å². The standard InChI is InChI=1S/2C12H17.C4H7.C3H4N2.2CF3.Au/c2*1-9(2)11-6-5-7-12(8-11)10(3)4;1-4-2-3-4;1-2-5-3-4-1;2*2-1(3)4;/h2*5-7,9-10H,1-4H3;4H,1-3H2;1-2,4-5H;;;. The fourth-order valence-corrected chi connectivity index (χ4v) is 30.5. The van der Waals surface area contributed by atoms with E-state index in [4.69, 9.17) is 0 Å². The number of alkyl halides is 6. The predicted octanol–water partition coefficient (Wildman–Crippen LogP) is 10.1. The second-order valence-electron chi connectivity index (χ2n) is 12.6. The van der Waals surface area contributed by atoms with Crippen molar-refractivity contribution >= 4 is 7.56 Å². The summed E-state index contributed by atoms with van der Waals surface area (Å²) >= 11 is -9.21. The molecule has 2 nitrogen and oxygen atoms in total. The molecule has 1 fully saturated rings. The van der Waals surface area contributed by atoms with Gasteiger partial charge in [-0.15, -0.1) is 0 Å². The first kappa shape index (κ1) is 32.9. The van der Waals surface area contributed by atoms with Gasteiger partial charge in [0.15, 0.2) is 0 Å². The van der Waals surface area contributed by atoms with Crippen LogP contribution in [0.2, 0.25) is 4.64 Å². The normalized spacial score (nSPS) is 16.9. The van der Waals surface area contributed by atoms with Crippen LogP contribution in [0.25, 0.3) is 0 Å². The SMILES string of the molecule is CC(C)c1cccc(C(C)C)[c]1[Au]([CH2]C1CC1)([c]1c(C(C)C)cccc1C(C)C)(=[c]1[nH]cc[nH]1)([C](F)(F)F)[C](F)(F)F. The summed E-state index contributed by atoms with van der Waals surface area (Å²) in [7, 11) is 0. The maximum absolute atomic E-state index is 17.6. The van der Waals surface area contributed by atoms with E-state index < -0.39 is 68.2 Å². The van der Waals surface area contributed by atoms with Gasteiger partial charge >= 0.3 is 244 Å². The number of rotatable bonds is 8. The number of aromatic amines is 2. The Hall–Kier alpha value is -2.03. The molecular formula is C33H45AuF6N2. The van der Waals surface area contributed by atoms with Crippen LogP contribution in [0, 0.1) is 9.55 Å². The molecule has 1 saturated carbocycles. The van der Waals surface area contributed by atoms with E-state index in [9.17, 15) is 0 Å². The summed E-state index contributed by atoms with van der Waals surface area (Å²) in [6.45, 7) is 13.6. The third kappa shape index (κ3) is 3.67. The Balaban J connectivity index is 2.81. The second-order valence-corrected chi connectivity index (χ2v) is 28.4. The third-order valence-electron chi connectivity index (χ3n) is 8.33. The molecule has 2 aromatic carbocycles. The molecule has 3 aromatic rings. The Labute approximate surface area is 243 Å². The van der Waals surface area contributed by atoms with Crippen LogP contribution in [-0.4, -0.2) is 18.8 Å². The quantitative estimate of drug-likeness (QED) is 0.169. The van der Waals surface area contributed by atoms with Crippen molar-refractivity contribution in [1.82, 2.24) is 9.97 Å². The Bertz CT molecular complexity index is 1430. The summed E-state index contributed by atoms with van der Waals surface area (Å²) in [4.78, 5) is 5.30. The van der Waals surface area contributed by atoms with Gasteiger partial charge in [0, 0.05) is 0 Å². The van der Waals surface area contributed by atoms with Crippen molar-refractivity contribution in [2.45, 2.75) is 105 Å². The maximum atomic E-state index is 17.6. The van der Waals surface area contributed by atoms with Crippen molar-refractivity contribution in [3.8, 4) is 0 Å². The molecule has 42 heavy (non-hydrogen) atoms. The molecule has 0 atom stereocenters. The molecule has 240 valence electrons. The van der Waals surface area contributed by atoms with Crippen molar-refractivity contribution in [3.05, 3.63) is 74.7 Å². The van der Waals surface area contributed by atoms with Gasteiger partial charge in [0.05, 0.1) is 0 Å². The minimum absolute atomic E-state index is 0.119. The van der Waals surface area contributed by atoms with E-state index in [2.05, 4.69) is 9.97 Å². The van der Waals surface area contributed by atoms with Crippen molar-refractivity contribution < 1.29 is 40.4 Å². The summed E-state index contributed by atoms with van der Waals surface area (Å²) in [5, 5.41) is 0. The summed E-state index contributed by atoms with van der Waals surface area (Å²) in [6, 6.07) is 9.28. The summed E-state index contributed by atoms with van der Waals surface area (Å²) in [6.07, 6.45) is 3.05. The number of H-pyrrole nitrogens is 2. The molecule has 1 heterocycles. The number of halogens is 6. The van der Waals surface area contributed by atoms with Gasteiger partial charge in [-0.1, -0.05) is 0 Å². The van der Waals surface area contributed by atoms with E-state index in [1.54, 1.807) is 67.5 Å². The molecule has 0 bridgehead atoms. The molecule has 1 aromatic heterocycles. The van der Waals surface area contributed by atoms with E-state index >= 15 is 26.3 Å². The monoisotopic (exact) mass is 780 g/mol. The fourth-order valence-electron chi connectivity index (χ4n) is 6.08. The third-order valence-corrected chi connectivity index (χ3v) is 30.4. The predicted molar refractivity (Wildman–Crippen MR) is 157 cm³/mol.